The molecule has 0 radical (unpaired) electrons. The van der Waals surface area contributed by atoms with Gasteiger partial charge in [0.1, 0.15) is 0 Å². The maximum atomic E-state index is 11.3. The van der Waals surface area contributed by atoms with E-state index in [0.717, 1.165) is 25.3 Å². The van der Waals surface area contributed by atoms with E-state index >= 15 is 0 Å². The van der Waals surface area contributed by atoms with Crippen molar-refractivity contribution in [3.05, 3.63) is 0 Å². The fourth-order valence-corrected chi connectivity index (χ4v) is 2.83. The van der Waals surface area contributed by atoms with E-state index in [-0.39, 0.29) is 11.9 Å². The molecule has 0 saturated carbocycles. The van der Waals surface area contributed by atoms with Crippen molar-refractivity contribution >= 4 is 17.7 Å². The average molecular weight is 217 g/mol. The maximum absolute atomic E-state index is 11.3. The summed E-state index contributed by atoms with van der Waals surface area (Å²) in [6, 6.07) is -0.102. The van der Waals surface area contributed by atoms with Gasteiger partial charge in [0, 0.05) is 24.1 Å². The number of rotatable bonds is 3. The van der Waals surface area contributed by atoms with E-state index in [9.17, 15) is 4.79 Å². The normalized spacial score (nSPS) is 25.8. The second-order valence-electron chi connectivity index (χ2n) is 3.58. The molecule has 2 atom stereocenters. The molecular formula is C9H19N3OS. The molecule has 5 heteroatoms. The summed E-state index contributed by atoms with van der Waals surface area (Å²) < 4.78 is 0. The van der Waals surface area contributed by atoms with E-state index in [2.05, 4.69) is 17.2 Å². The van der Waals surface area contributed by atoms with Gasteiger partial charge >= 0.3 is 0 Å². The zero-order valence-electron chi connectivity index (χ0n) is 8.82. The molecule has 0 spiro atoms. The van der Waals surface area contributed by atoms with Crippen LogP contribution in [0.25, 0.3) is 0 Å². The summed E-state index contributed by atoms with van der Waals surface area (Å²) >= 11 is 2.00. The lowest BCUT2D eigenvalue weighted by Gasteiger charge is -2.35. The minimum atomic E-state index is -0.102. The number of hydrogen-bond acceptors (Lipinski definition) is 4. The lowest BCUT2D eigenvalue weighted by molar-refractivity contribution is -0.125. The van der Waals surface area contributed by atoms with Gasteiger partial charge in [-0.2, -0.15) is 11.8 Å². The molecular weight excluding hydrogens is 198 g/mol. The smallest absolute Gasteiger partial charge is 0.250 e. The van der Waals surface area contributed by atoms with Gasteiger partial charge in [-0.25, -0.2) is 5.84 Å². The number of nitrogens with two attached hydrogens (primary N) is 1. The minimum Gasteiger partial charge on any atom is -0.293 e. The Morgan fingerprint density at radius 3 is 3.07 bits per heavy atom. The van der Waals surface area contributed by atoms with Crippen LogP contribution in [0.2, 0.25) is 0 Å². The highest BCUT2D eigenvalue weighted by molar-refractivity contribution is 8.00. The van der Waals surface area contributed by atoms with Crippen molar-refractivity contribution in [3.63, 3.8) is 0 Å². The van der Waals surface area contributed by atoms with Gasteiger partial charge in [-0.05, 0) is 13.3 Å². The van der Waals surface area contributed by atoms with Crippen LogP contribution < -0.4 is 11.3 Å². The Bertz CT molecular complexity index is 200. The Balaban J connectivity index is 2.46. The molecule has 1 rings (SSSR count). The molecule has 0 aromatic rings. The molecule has 1 saturated heterocycles. The van der Waals surface area contributed by atoms with Gasteiger partial charge < -0.3 is 0 Å². The molecule has 0 bridgehead atoms. The SMILES string of the molecule is CCC1CN(C(C)C(=O)NN)CCS1. The lowest BCUT2D eigenvalue weighted by Crippen LogP contribution is -2.51. The molecule has 1 aliphatic heterocycles. The Morgan fingerprint density at radius 1 is 1.79 bits per heavy atom. The Hall–Kier alpha value is -0.260. The number of hydrogen-bond donors (Lipinski definition) is 2. The van der Waals surface area contributed by atoms with Crippen LogP contribution >= 0.6 is 11.8 Å². The van der Waals surface area contributed by atoms with Crippen LogP contribution in [0.4, 0.5) is 0 Å². The first kappa shape index (κ1) is 11.8. The summed E-state index contributed by atoms with van der Waals surface area (Å²) in [6.07, 6.45) is 1.16. The van der Waals surface area contributed by atoms with Crippen LogP contribution in [-0.4, -0.2) is 40.9 Å². The minimum absolute atomic E-state index is 0.0910. The molecule has 82 valence electrons. The van der Waals surface area contributed by atoms with Gasteiger partial charge in [0.05, 0.1) is 6.04 Å². The van der Waals surface area contributed by atoms with Gasteiger partial charge in [-0.1, -0.05) is 6.92 Å². The average Bonchev–Trinajstić information content (AvgIpc) is 2.27. The van der Waals surface area contributed by atoms with Crippen LogP contribution in [0, 0.1) is 0 Å². The van der Waals surface area contributed by atoms with Crippen molar-refractivity contribution in [1.82, 2.24) is 10.3 Å². The molecule has 0 aromatic heterocycles. The third kappa shape index (κ3) is 2.87. The highest BCUT2D eigenvalue weighted by Gasteiger charge is 2.26. The van der Waals surface area contributed by atoms with Crippen molar-refractivity contribution in [1.29, 1.82) is 0 Å². The number of amides is 1. The predicted molar refractivity (Wildman–Crippen MR) is 59.9 cm³/mol. The van der Waals surface area contributed by atoms with Gasteiger partial charge in [-0.15, -0.1) is 0 Å². The summed E-state index contributed by atoms with van der Waals surface area (Å²) in [6.45, 7) is 6.07. The van der Waals surface area contributed by atoms with Crippen molar-refractivity contribution < 1.29 is 4.79 Å². The van der Waals surface area contributed by atoms with Crippen LogP contribution in [0.3, 0.4) is 0 Å². The quantitative estimate of drug-likeness (QED) is 0.402. The topological polar surface area (TPSA) is 58.4 Å². The molecule has 1 fully saturated rings. The standard InChI is InChI=1S/C9H19N3OS/c1-3-8-6-12(4-5-14-8)7(2)9(13)11-10/h7-8H,3-6,10H2,1-2H3,(H,11,13). The van der Waals surface area contributed by atoms with Crippen LogP contribution in [0.1, 0.15) is 20.3 Å². The van der Waals surface area contributed by atoms with Crippen molar-refractivity contribution in [2.45, 2.75) is 31.6 Å². The van der Waals surface area contributed by atoms with Gasteiger partial charge in [-0.3, -0.25) is 15.1 Å². The summed E-state index contributed by atoms with van der Waals surface area (Å²) in [5.41, 5.74) is 2.21. The maximum Gasteiger partial charge on any atom is 0.250 e. The third-order valence-electron chi connectivity index (χ3n) is 2.69. The number of thioether (sulfide) groups is 1. The summed E-state index contributed by atoms with van der Waals surface area (Å²) in [5.74, 6) is 6.14. The Morgan fingerprint density at radius 2 is 2.50 bits per heavy atom. The highest BCUT2D eigenvalue weighted by Crippen LogP contribution is 2.22. The van der Waals surface area contributed by atoms with E-state index in [0.29, 0.717) is 5.25 Å². The fourth-order valence-electron chi connectivity index (χ4n) is 1.63. The van der Waals surface area contributed by atoms with Gasteiger partial charge in [0.25, 0.3) is 5.91 Å². The number of hydrazine groups is 1. The highest BCUT2D eigenvalue weighted by atomic mass is 32.2. The molecule has 0 aliphatic carbocycles. The Kier molecular flexibility index (Phi) is 4.71. The first-order chi connectivity index (χ1) is 6.69. The van der Waals surface area contributed by atoms with Crippen LogP contribution in [-0.2, 0) is 4.79 Å². The van der Waals surface area contributed by atoms with E-state index < -0.39 is 0 Å². The zero-order valence-corrected chi connectivity index (χ0v) is 9.64. The second-order valence-corrected chi connectivity index (χ2v) is 4.99. The van der Waals surface area contributed by atoms with E-state index in [4.69, 9.17) is 5.84 Å². The molecule has 14 heavy (non-hydrogen) atoms. The summed E-state index contributed by atoms with van der Waals surface area (Å²) in [4.78, 5) is 13.5. The first-order valence-electron chi connectivity index (χ1n) is 5.05. The molecule has 1 aliphatic rings. The number of carbonyl (C=O) groups excluding carboxylic acids is 1. The molecule has 1 heterocycles. The summed E-state index contributed by atoms with van der Waals surface area (Å²) in [7, 11) is 0. The predicted octanol–water partition coefficient (Wildman–Crippen LogP) is 0.192. The van der Waals surface area contributed by atoms with Gasteiger partial charge in [0.15, 0.2) is 0 Å². The van der Waals surface area contributed by atoms with E-state index in [1.54, 1.807) is 0 Å². The van der Waals surface area contributed by atoms with Crippen LogP contribution in [0.5, 0.6) is 0 Å². The molecule has 1 amide bonds. The van der Waals surface area contributed by atoms with E-state index in [1.165, 1.54) is 0 Å². The van der Waals surface area contributed by atoms with Crippen molar-refractivity contribution in [2.24, 2.45) is 5.84 Å². The number of nitrogens with one attached hydrogen (secondary N) is 1. The van der Waals surface area contributed by atoms with E-state index in [1.807, 2.05) is 18.7 Å². The zero-order chi connectivity index (χ0) is 10.6. The lowest BCUT2D eigenvalue weighted by atomic mass is 10.2. The largest absolute Gasteiger partial charge is 0.293 e. The van der Waals surface area contributed by atoms with Crippen molar-refractivity contribution in [3.8, 4) is 0 Å². The first-order valence-corrected chi connectivity index (χ1v) is 6.10. The molecule has 2 unspecified atom stereocenters. The molecule has 0 aromatic carbocycles. The second kappa shape index (κ2) is 5.58. The van der Waals surface area contributed by atoms with Crippen LogP contribution in [0.15, 0.2) is 0 Å². The van der Waals surface area contributed by atoms with Gasteiger partial charge in [0.2, 0.25) is 0 Å². The van der Waals surface area contributed by atoms with Crippen molar-refractivity contribution in [2.75, 3.05) is 18.8 Å². The fraction of sp³-hybridized carbons (Fsp3) is 0.889. The number of nitrogens with zero attached hydrogens (tertiary/aromatic N) is 1. The third-order valence-corrected chi connectivity index (χ3v) is 4.07. The monoisotopic (exact) mass is 217 g/mol. The molecule has 3 N–H and O–H groups in total. The summed E-state index contributed by atoms with van der Waals surface area (Å²) in [5, 5.41) is 0.664. The Labute approximate surface area is 89.6 Å². The number of carbonyl (C=O) groups is 1. The molecule has 4 nitrogen and oxygen atoms in total.